The second-order valence-corrected chi connectivity index (χ2v) is 5.31. The van der Waals surface area contributed by atoms with Crippen molar-refractivity contribution in [2.45, 2.75) is 53.7 Å². The third-order valence-corrected chi connectivity index (χ3v) is 3.28. The predicted molar refractivity (Wildman–Crippen MR) is 78.1 cm³/mol. The highest BCUT2D eigenvalue weighted by atomic mass is 16.5. The van der Waals surface area contributed by atoms with E-state index in [9.17, 15) is 0 Å². The van der Waals surface area contributed by atoms with Crippen LogP contribution in [-0.2, 0) is 11.3 Å². The van der Waals surface area contributed by atoms with Crippen LogP contribution in [0.4, 0.5) is 0 Å². The van der Waals surface area contributed by atoms with Gasteiger partial charge in [-0.3, -0.25) is 0 Å². The number of aryl methyl sites for hydroxylation is 2. The molecule has 4 nitrogen and oxygen atoms in total. The molecule has 0 spiro atoms. The van der Waals surface area contributed by atoms with Crippen molar-refractivity contribution >= 4 is 0 Å². The molecule has 1 N–H and O–H groups in total. The van der Waals surface area contributed by atoms with Crippen molar-refractivity contribution in [2.75, 3.05) is 13.7 Å². The van der Waals surface area contributed by atoms with Crippen molar-refractivity contribution in [2.24, 2.45) is 5.92 Å². The fourth-order valence-corrected chi connectivity index (χ4v) is 2.21. The second kappa shape index (κ2) is 7.56. The molecule has 0 saturated heterocycles. The van der Waals surface area contributed by atoms with Crippen LogP contribution < -0.4 is 5.32 Å². The predicted octanol–water partition coefficient (Wildman–Crippen LogP) is 2.94. The fraction of sp³-hybridized carbons (Fsp3) is 0.733. The minimum Gasteiger partial charge on any atom is -0.373 e. The zero-order valence-corrected chi connectivity index (χ0v) is 13.1. The minimum absolute atomic E-state index is 0.0324. The summed E-state index contributed by atoms with van der Waals surface area (Å²) in [5.74, 6) is 1.17. The van der Waals surface area contributed by atoms with Gasteiger partial charge in [0.05, 0.1) is 0 Å². The number of methoxy groups -OCH3 is 1. The molecule has 108 valence electrons. The van der Waals surface area contributed by atoms with E-state index in [0.29, 0.717) is 5.92 Å². The molecular weight excluding hydrogens is 238 g/mol. The third kappa shape index (κ3) is 4.25. The van der Waals surface area contributed by atoms with Gasteiger partial charge in [0, 0.05) is 30.6 Å². The van der Waals surface area contributed by atoms with Gasteiger partial charge in [0.1, 0.15) is 6.10 Å². The molecule has 4 heteroatoms. The van der Waals surface area contributed by atoms with Crippen LogP contribution in [0.2, 0.25) is 0 Å². The van der Waals surface area contributed by atoms with Gasteiger partial charge in [-0.05, 0) is 32.7 Å². The lowest BCUT2D eigenvalue weighted by Crippen LogP contribution is -2.19. The molecule has 0 aliphatic rings. The van der Waals surface area contributed by atoms with E-state index in [1.54, 1.807) is 7.11 Å². The van der Waals surface area contributed by atoms with E-state index in [4.69, 9.17) is 4.74 Å². The zero-order valence-electron chi connectivity index (χ0n) is 13.1. The fourth-order valence-electron chi connectivity index (χ4n) is 2.21. The summed E-state index contributed by atoms with van der Waals surface area (Å²) in [5, 5.41) is 3.41. The van der Waals surface area contributed by atoms with Gasteiger partial charge >= 0.3 is 0 Å². The van der Waals surface area contributed by atoms with Crippen LogP contribution in [0.25, 0.3) is 0 Å². The molecule has 1 rings (SSSR count). The smallest absolute Gasteiger partial charge is 0.157 e. The molecular formula is C15H27N3O. The number of nitrogens with zero attached hydrogens (tertiary/aromatic N) is 2. The Kier molecular flexibility index (Phi) is 6.38. The first kappa shape index (κ1) is 16.1. The van der Waals surface area contributed by atoms with Crippen molar-refractivity contribution in [3.05, 3.63) is 22.8 Å². The van der Waals surface area contributed by atoms with Crippen molar-refractivity contribution in [1.29, 1.82) is 0 Å². The number of hydrogen-bond acceptors (Lipinski definition) is 4. The highest BCUT2D eigenvalue weighted by molar-refractivity contribution is 5.24. The zero-order chi connectivity index (χ0) is 14.4. The molecule has 1 heterocycles. The van der Waals surface area contributed by atoms with E-state index >= 15 is 0 Å². The van der Waals surface area contributed by atoms with E-state index in [1.807, 2.05) is 13.8 Å². The summed E-state index contributed by atoms with van der Waals surface area (Å²) < 4.78 is 5.51. The lowest BCUT2D eigenvalue weighted by atomic mass is 10.1. The van der Waals surface area contributed by atoms with Crippen LogP contribution in [-0.4, -0.2) is 23.6 Å². The Hall–Kier alpha value is -1.00. The summed E-state index contributed by atoms with van der Waals surface area (Å²) in [6.45, 7) is 12.4. The van der Waals surface area contributed by atoms with Crippen molar-refractivity contribution in [1.82, 2.24) is 15.3 Å². The van der Waals surface area contributed by atoms with E-state index in [0.717, 1.165) is 36.7 Å². The molecule has 0 aliphatic carbocycles. The van der Waals surface area contributed by atoms with E-state index in [-0.39, 0.29) is 6.10 Å². The molecule has 0 fully saturated rings. The van der Waals surface area contributed by atoms with E-state index in [1.165, 1.54) is 5.56 Å². The summed E-state index contributed by atoms with van der Waals surface area (Å²) in [5.41, 5.74) is 3.30. The van der Waals surface area contributed by atoms with Gasteiger partial charge in [-0.25, -0.2) is 9.97 Å². The van der Waals surface area contributed by atoms with Crippen LogP contribution in [0.1, 0.15) is 56.1 Å². The Balaban J connectivity index is 2.95. The molecule has 19 heavy (non-hydrogen) atoms. The lowest BCUT2D eigenvalue weighted by molar-refractivity contribution is 0.0571. The number of rotatable bonds is 7. The Morgan fingerprint density at radius 2 is 1.74 bits per heavy atom. The van der Waals surface area contributed by atoms with Crippen molar-refractivity contribution in [3.8, 4) is 0 Å². The summed E-state index contributed by atoms with van der Waals surface area (Å²) >= 11 is 0. The Labute approximate surface area is 117 Å². The van der Waals surface area contributed by atoms with E-state index < -0.39 is 0 Å². The van der Waals surface area contributed by atoms with E-state index in [2.05, 4.69) is 36.1 Å². The maximum Gasteiger partial charge on any atom is 0.157 e. The van der Waals surface area contributed by atoms with Crippen LogP contribution in [0, 0.1) is 19.8 Å². The molecule has 0 saturated carbocycles. The minimum atomic E-state index is -0.0324. The van der Waals surface area contributed by atoms with Gasteiger partial charge in [-0.1, -0.05) is 20.8 Å². The first-order valence-corrected chi connectivity index (χ1v) is 7.08. The topological polar surface area (TPSA) is 47.0 Å². The maximum atomic E-state index is 5.51. The number of aromatic nitrogens is 2. The second-order valence-electron chi connectivity index (χ2n) is 5.31. The molecule has 0 amide bonds. The number of hydrogen-bond donors (Lipinski definition) is 1. The molecule has 1 aromatic rings. The van der Waals surface area contributed by atoms with Gasteiger partial charge in [-0.2, -0.15) is 0 Å². The SMILES string of the molecule is CCCNCc1c(C)nc(C(OC)C(C)C)nc1C. The van der Waals surface area contributed by atoms with Crippen LogP contribution in [0.5, 0.6) is 0 Å². The Morgan fingerprint density at radius 1 is 1.16 bits per heavy atom. The molecule has 0 aromatic carbocycles. The lowest BCUT2D eigenvalue weighted by Gasteiger charge is -2.20. The van der Waals surface area contributed by atoms with Crippen molar-refractivity contribution < 1.29 is 4.74 Å². The van der Waals surface area contributed by atoms with Crippen LogP contribution >= 0.6 is 0 Å². The summed E-state index contributed by atoms with van der Waals surface area (Å²) in [4.78, 5) is 9.26. The Bertz CT molecular complexity index is 381. The monoisotopic (exact) mass is 265 g/mol. The normalized spacial score (nSPS) is 13.0. The number of ether oxygens (including phenoxy) is 1. The quantitative estimate of drug-likeness (QED) is 0.770. The van der Waals surface area contributed by atoms with Crippen LogP contribution in [0.3, 0.4) is 0 Å². The largest absolute Gasteiger partial charge is 0.373 e. The van der Waals surface area contributed by atoms with Gasteiger partial charge < -0.3 is 10.1 Å². The van der Waals surface area contributed by atoms with Crippen LogP contribution in [0.15, 0.2) is 0 Å². The van der Waals surface area contributed by atoms with Gasteiger partial charge in [0.15, 0.2) is 5.82 Å². The maximum absolute atomic E-state index is 5.51. The summed E-state index contributed by atoms with van der Waals surface area (Å²) in [6.07, 6.45) is 1.10. The van der Waals surface area contributed by atoms with Crippen molar-refractivity contribution in [3.63, 3.8) is 0 Å². The first-order chi connectivity index (χ1) is 9.01. The molecule has 1 aromatic heterocycles. The number of nitrogens with one attached hydrogen (secondary N) is 1. The molecule has 0 bridgehead atoms. The molecule has 1 atom stereocenters. The Morgan fingerprint density at radius 3 is 2.16 bits per heavy atom. The van der Waals surface area contributed by atoms with Gasteiger partial charge in [-0.15, -0.1) is 0 Å². The molecule has 0 radical (unpaired) electrons. The highest BCUT2D eigenvalue weighted by Gasteiger charge is 2.20. The summed E-state index contributed by atoms with van der Waals surface area (Å²) in [6, 6.07) is 0. The third-order valence-electron chi connectivity index (χ3n) is 3.28. The highest BCUT2D eigenvalue weighted by Crippen LogP contribution is 2.23. The molecule has 0 aliphatic heterocycles. The summed E-state index contributed by atoms with van der Waals surface area (Å²) in [7, 11) is 1.72. The average molecular weight is 265 g/mol. The average Bonchev–Trinajstić information content (AvgIpc) is 2.33. The van der Waals surface area contributed by atoms with Gasteiger partial charge in [0.25, 0.3) is 0 Å². The standard InChI is InChI=1S/C15H27N3O/c1-7-8-16-9-13-11(4)17-15(18-12(13)5)14(19-6)10(2)3/h10,14,16H,7-9H2,1-6H3. The molecule has 1 unspecified atom stereocenters. The first-order valence-electron chi connectivity index (χ1n) is 7.08. The van der Waals surface area contributed by atoms with Gasteiger partial charge in [0.2, 0.25) is 0 Å².